The minimum Gasteiger partial charge on any atom is -0.496 e. The number of hydrogen-bond donors (Lipinski definition) is 1. The number of para-hydroxylation sites is 1. The number of thiazole rings is 1. The van der Waals surface area contributed by atoms with Gasteiger partial charge in [-0.2, -0.15) is 5.10 Å². The molecule has 0 unspecified atom stereocenters. The second-order valence-electron chi connectivity index (χ2n) is 9.00. The van der Waals surface area contributed by atoms with Gasteiger partial charge in [-0.05, 0) is 55.7 Å². The summed E-state index contributed by atoms with van der Waals surface area (Å²) in [4.78, 5) is 22.0. The van der Waals surface area contributed by atoms with Gasteiger partial charge in [-0.1, -0.05) is 41.7 Å². The van der Waals surface area contributed by atoms with Crippen molar-refractivity contribution in [3.63, 3.8) is 0 Å². The predicted octanol–water partition coefficient (Wildman–Crippen LogP) is 6.10. The molecule has 0 bridgehead atoms. The number of aryl methyl sites for hydroxylation is 2. The van der Waals surface area contributed by atoms with Crippen molar-refractivity contribution in [1.29, 1.82) is 0 Å². The minimum absolute atomic E-state index is 0.127. The van der Waals surface area contributed by atoms with Gasteiger partial charge in [-0.25, -0.2) is 9.67 Å². The van der Waals surface area contributed by atoms with Crippen molar-refractivity contribution in [1.82, 2.24) is 19.7 Å². The van der Waals surface area contributed by atoms with Gasteiger partial charge in [0, 0.05) is 35.5 Å². The Morgan fingerprint density at radius 3 is 2.54 bits per heavy atom. The molecular weight excluding hydrogens is 482 g/mol. The van der Waals surface area contributed by atoms with Gasteiger partial charge in [0.1, 0.15) is 5.75 Å². The maximum Gasteiger partial charge on any atom is 0.223 e. The highest BCUT2D eigenvalue weighted by Crippen LogP contribution is 2.44. The quantitative estimate of drug-likeness (QED) is 0.311. The summed E-state index contributed by atoms with van der Waals surface area (Å²) in [6, 6.07) is 20.4. The number of rotatable bonds is 5. The number of benzene rings is 2. The molecule has 3 aromatic heterocycles. The van der Waals surface area contributed by atoms with Crippen molar-refractivity contribution in [2.45, 2.75) is 26.7 Å². The van der Waals surface area contributed by atoms with Crippen molar-refractivity contribution >= 4 is 22.4 Å². The highest BCUT2D eigenvalue weighted by atomic mass is 32.1. The van der Waals surface area contributed by atoms with Crippen LogP contribution in [-0.2, 0) is 17.6 Å². The van der Waals surface area contributed by atoms with Crippen molar-refractivity contribution in [2.24, 2.45) is 0 Å². The summed E-state index contributed by atoms with van der Waals surface area (Å²) in [5.41, 5.74) is 9.12. The first kappa shape index (κ1) is 23.1. The lowest BCUT2D eigenvalue weighted by atomic mass is 9.95. The summed E-state index contributed by atoms with van der Waals surface area (Å²) >= 11 is 1.50. The first-order valence-corrected chi connectivity index (χ1v) is 12.9. The fourth-order valence-electron chi connectivity index (χ4n) is 4.77. The van der Waals surface area contributed by atoms with E-state index < -0.39 is 0 Å². The van der Waals surface area contributed by atoms with Crippen LogP contribution >= 0.6 is 11.3 Å². The maximum atomic E-state index is 11.7. The van der Waals surface area contributed by atoms with Gasteiger partial charge < -0.3 is 10.1 Å². The largest absolute Gasteiger partial charge is 0.496 e. The number of fused-ring (bicyclic) bond motifs is 3. The first-order valence-electron chi connectivity index (χ1n) is 12.1. The van der Waals surface area contributed by atoms with Crippen molar-refractivity contribution in [2.75, 3.05) is 12.4 Å². The third kappa shape index (κ3) is 4.19. The summed E-state index contributed by atoms with van der Waals surface area (Å²) in [5, 5.41) is 8.57. The molecule has 6 rings (SSSR count). The van der Waals surface area contributed by atoms with Gasteiger partial charge in [0.2, 0.25) is 5.91 Å². The molecule has 0 atom stereocenters. The van der Waals surface area contributed by atoms with Crippen LogP contribution in [0.5, 0.6) is 5.75 Å². The van der Waals surface area contributed by atoms with Gasteiger partial charge in [0.05, 0.1) is 34.8 Å². The zero-order chi connectivity index (χ0) is 25.5. The molecule has 0 aliphatic heterocycles. The Bertz CT molecular complexity index is 1620. The molecule has 8 heteroatoms. The average Bonchev–Trinajstić information content (AvgIpc) is 3.50. The Hall–Kier alpha value is -4.30. The van der Waals surface area contributed by atoms with E-state index in [1.165, 1.54) is 23.8 Å². The predicted molar refractivity (Wildman–Crippen MR) is 146 cm³/mol. The fraction of sp³-hybridized carbons (Fsp3) is 0.172. The van der Waals surface area contributed by atoms with Crippen LogP contribution in [-0.4, -0.2) is 32.8 Å². The van der Waals surface area contributed by atoms with E-state index in [1.807, 2.05) is 42.1 Å². The van der Waals surface area contributed by atoms with Crippen LogP contribution in [0.25, 0.3) is 38.6 Å². The van der Waals surface area contributed by atoms with Gasteiger partial charge in [-0.15, -0.1) is 0 Å². The molecule has 2 aromatic carbocycles. The third-order valence-corrected chi connectivity index (χ3v) is 7.53. The van der Waals surface area contributed by atoms with Crippen LogP contribution in [0.1, 0.15) is 23.9 Å². The van der Waals surface area contributed by atoms with Gasteiger partial charge in [0.25, 0.3) is 0 Å². The van der Waals surface area contributed by atoms with E-state index in [-0.39, 0.29) is 5.91 Å². The maximum absolute atomic E-state index is 11.7. The second kappa shape index (κ2) is 9.29. The molecule has 37 heavy (non-hydrogen) atoms. The topological polar surface area (TPSA) is 81.9 Å². The smallest absolute Gasteiger partial charge is 0.223 e. The molecule has 3 heterocycles. The molecule has 0 fully saturated rings. The van der Waals surface area contributed by atoms with E-state index >= 15 is 0 Å². The molecule has 5 aromatic rings. The third-order valence-electron chi connectivity index (χ3n) is 6.51. The van der Waals surface area contributed by atoms with Crippen LogP contribution in [0.4, 0.5) is 5.13 Å². The number of hydrogen-bond acceptors (Lipinski definition) is 6. The minimum atomic E-state index is -0.127. The Balaban J connectivity index is 1.50. The number of carbonyl (C=O) groups is 1. The number of carbonyl (C=O) groups excluding carboxylic acids is 1. The number of ether oxygens (including phenoxy) is 1. The molecular formula is C29H25N5O2S. The van der Waals surface area contributed by atoms with E-state index in [4.69, 9.17) is 14.8 Å². The molecule has 0 saturated carbocycles. The Labute approximate surface area is 218 Å². The second-order valence-corrected chi connectivity index (χ2v) is 10.00. The van der Waals surface area contributed by atoms with E-state index in [0.717, 1.165) is 68.6 Å². The van der Waals surface area contributed by atoms with Crippen LogP contribution in [0.15, 0.2) is 66.9 Å². The lowest BCUT2D eigenvalue weighted by molar-refractivity contribution is -0.114. The number of nitrogens with zero attached hydrogens (tertiary/aromatic N) is 4. The van der Waals surface area contributed by atoms with Crippen LogP contribution < -0.4 is 10.1 Å². The summed E-state index contributed by atoms with van der Waals surface area (Å²) < 4.78 is 7.56. The zero-order valence-electron chi connectivity index (χ0n) is 20.8. The van der Waals surface area contributed by atoms with Crippen LogP contribution in [0.2, 0.25) is 0 Å². The monoisotopic (exact) mass is 507 g/mol. The molecule has 7 nitrogen and oxygen atoms in total. The highest BCUT2D eigenvalue weighted by Gasteiger charge is 2.30. The van der Waals surface area contributed by atoms with E-state index in [0.29, 0.717) is 5.13 Å². The number of anilines is 1. The normalized spacial score (nSPS) is 12.1. The summed E-state index contributed by atoms with van der Waals surface area (Å²) in [7, 11) is 1.69. The van der Waals surface area contributed by atoms with Crippen LogP contribution in [0, 0.1) is 6.92 Å². The Morgan fingerprint density at radius 2 is 1.81 bits per heavy atom. The van der Waals surface area contributed by atoms with E-state index in [2.05, 4.69) is 46.7 Å². The Morgan fingerprint density at radius 1 is 1.03 bits per heavy atom. The lowest BCUT2D eigenvalue weighted by Crippen LogP contribution is -2.07. The SMILES string of the molecule is COc1ccccc1-c1ccc(-n2nc(-c3ccc(C)nc3)c3c2-c2sc(NC(C)=O)nc2CC3)cc1. The molecule has 0 spiro atoms. The fourth-order valence-corrected chi connectivity index (χ4v) is 5.88. The number of pyridine rings is 1. The molecule has 184 valence electrons. The van der Waals surface area contributed by atoms with Gasteiger partial charge in [-0.3, -0.25) is 9.78 Å². The number of amides is 1. The molecule has 1 aliphatic rings. The molecule has 1 aliphatic carbocycles. The number of aromatic nitrogens is 4. The standard InChI is InChI=1S/C29H25N5O2S/c1-17-8-9-20(16-30-17)26-23-14-15-24-28(37-29(32-24)31-18(2)35)27(23)34(33-26)21-12-10-19(11-13-21)22-6-4-5-7-25(22)36-3/h4-13,16H,14-15H2,1-3H3,(H,31,32,35). The number of nitrogens with one attached hydrogen (secondary N) is 1. The van der Waals surface area contributed by atoms with Gasteiger partial charge in [0.15, 0.2) is 5.13 Å². The van der Waals surface area contributed by atoms with Crippen molar-refractivity contribution < 1.29 is 9.53 Å². The van der Waals surface area contributed by atoms with Crippen LogP contribution in [0.3, 0.4) is 0 Å². The average molecular weight is 508 g/mol. The number of methoxy groups -OCH3 is 1. The Kier molecular flexibility index (Phi) is 5.81. The van der Waals surface area contributed by atoms with Gasteiger partial charge >= 0.3 is 0 Å². The van der Waals surface area contributed by atoms with E-state index in [9.17, 15) is 4.79 Å². The van der Waals surface area contributed by atoms with E-state index in [1.54, 1.807) is 7.11 Å². The zero-order valence-corrected chi connectivity index (χ0v) is 21.6. The van der Waals surface area contributed by atoms with Crippen molar-refractivity contribution in [3.05, 3.63) is 83.8 Å². The lowest BCUT2D eigenvalue weighted by Gasteiger charge is -2.14. The van der Waals surface area contributed by atoms with Crippen molar-refractivity contribution in [3.8, 4) is 44.4 Å². The summed E-state index contributed by atoms with van der Waals surface area (Å²) in [6.45, 7) is 3.48. The summed E-state index contributed by atoms with van der Waals surface area (Å²) in [5.74, 6) is 0.707. The first-order chi connectivity index (χ1) is 18.0. The summed E-state index contributed by atoms with van der Waals surface area (Å²) in [6.07, 6.45) is 3.50. The molecule has 1 N–H and O–H groups in total. The molecule has 0 saturated heterocycles. The molecule has 1 amide bonds. The molecule has 0 radical (unpaired) electrons. The highest BCUT2D eigenvalue weighted by molar-refractivity contribution is 7.19.